The van der Waals surface area contributed by atoms with Crippen LogP contribution < -0.4 is 11.3 Å². The van der Waals surface area contributed by atoms with Crippen molar-refractivity contribution >= 4 is 5.97 Å². The van der Waals surface area contributed by atoms with E-state index >= 15 is 0 Å². The van der Waals surface area contributed by atoms with E-state index in [9.17, 15) is 15.0 Å². The molecule has 0 aliphatic rings. The lowest BCUT2D eigenvalue weighted by Crippen LogP contribution is -2.51. The molecule has 0 aromatic heterocycles. The van der Waals surface area contributed by atoms with Gasteiger partial charge in [-0.1, -0.05) is 51.1 Å². The van der Waals surface area contributed by atoms with Crippen molar-refractivity contribution in [2.75, 3.05) is 0 Å². The predicted octanol–water partition coefficient (Wildman–Crippen LogP) is 2.16. The van der Waals surface area contributed by atoms with E-state index < -0.39 is 22.9 Å². The minimum absolute atomic E-state index is 0. The van der Waals surface area contributed by atoms with Crippen LogP contribution in [0.2, 0.25) is 0 Å². The molecular weight excluding hydrogens is 254 g/mol. The first-order valence-electron chi connectivity index (χ1n) is 6.62. The SMILES string of the molecule is CC(O)CC(C)(Cc1ccccc1)C(C)(C)C(=O)[O-].[NH4+]. The number of aliphatic hydroxyl groups is 1. The zero-order chi connectivity index (χ0) is 14.7. The van der Waals surface area contributed by atoms with Crippen LogP contribution in [0.5, 0.6) is 0 Å². The van der Waals surface area contributed by atoms with Gasteiger partial charge in [-0.05, 0) is 30.7 Å². The van der Waals surface area contributed by atoms with Crippen molar-refractivity contribution in [3.63, 3.8) is 0 Å². The van der Waals surface area contributed by atoms with Crippen LogP contribution in [0.3, 0.4) is 0 Å². The smallest absolute Gasteiger partial charge is 0.0517 e. The number of hydrogen-bond donors (Lipinski definition) is 2. The first-order chi connectivity index (χ1) is 8.69. The molecule has 2 unspecified atom stereocenters. The minimum Gasteiger partial charge on any atom is -0.550 e. The molecule has 0 saturated carbocycles. The lowest BCUT2D eigenvalue weighted by molar-refractivity contribution is -0.323. The second-order valence-electron chi connectivity index (χ2n) is 6.19. The lowest BCUT2D eigenvalue weighted by Gasteiger charge is -2.46. The molecule has 114 valence electrons. The Hall–Kier alpha value is -1.39. The van der Waals surface area contributed by atoms with Gasteiger partial charge in [0.05, 0.1) is 6.10 Å². The molecule has 0 aliphatic heterocycles. The van der Waals surface area contributed by atoms with E-state index in [1.54, 1.807) is 20.8 Å². The van der Waals surface area contributed by atoms with Gasteiger partial charge in [0.15, 0.2) is 0 Å². The summed E-state index contributed by atoms with van der Waals surface area (Å²) in [7, 11) is 0. The van der Waals surface area contributed by atoms with Gasteiger partial charge in [-0.25, -0.2) is 0 Å². The van der Waals surface area contributed by atoms with E-state index in [0.29, 0.717) is 12.8 Å². The molecule has 1 rings (SSSR count). The van der Waals surface area contributed by atoms with Crippen molar-refractivity contribution in [2.45, 2.75) is 46.6 Å². The van der Waals surface area contributed by atoms with Crippen LogP contribution in [0.1, 0.15) is 39.7 Å². The lowest BCUT2D eigenvalue weighted by atomic mass is 9.61. The molecule has 1 aromatic rings. The van der Waals surface area contributed by atoms with Crippen LogP contribution in [0.15, 0.2) is 30.3 Å². The van der Waals surface area contributed by atoms with Gasteiger partial charge in [-0.2, -0.15) is 0 Å². The van der Waals surface area contributed by atoms with Crippen molar-refractivity contribution < 1.29 is 15.0 Å². The molecule has 0 bridgehead atoms. The molecule has 0 spiro atoms. The standard InChI is InChI=1S/C16H24O3.H3N/c1-12(17)10-16(4,15(2,3)14(18)19)11-13-8-6-5-7-9-13;/h5-9,12,17H,10-11H2,1-4H3,(H,18,19);1H3. The molecular formula is C16H27NO3. The number of carbonyl (C=O) groups excluding carboxylic acids is 1. The Balaban J connectivity index is 0.00000361. The molecule has 0 radical (unpaired) electrons. The molecule has 4 heteroatoms. The zero-order valence-corrected chi connectivity index (χ0v) is 13.1. The van der Waals surface area contributed by atoms with E-state index in [4.69, 9.17) is 0 Å². The van der Waals surface area contributed by atoms with Crippen LogP contribution >= 0.6 is 0 Å². The Kier molecular flexibility index (Phi) is 6.38. The highest BCUT2D eigenvalue weighted by Gasteiger charge is 2.42. The maximum absolute atomic E-state index is 11.4. The normalized spacial score (nSPS) is 15.8. The van der Waals surface area contributed by atoms with E-state index in [-0.39, 0.29) is 6.15 Å². The topological polar surface area (TPSA) is 96.9 Å². The molecule has 0 saturated heterocycles. The molecule has 2 atom stereocenters. The number of aliphatic carboxylic acids is 1. The van der Waals surface area contributed by atoms with E-state index in [1.807, 2.05) is 37.3 Å². The first kappa shape index (κ1) is 18.6. The maximum Gasteiger partial charge on any atom is 0.0517 e. The number of quaternary nitrogens is 1. The van der Waals surface area contributed by atoms with Crippen molar-refractivity contribution in [3.05, 3.63) is 35.9 Å². The molecule has 0 aliphatic carbocycles. The van der Waals surface area contributed by atoms with Crippen LogP contribution in [0.25, 0.3) is 0 Å². The third-order valence-corrected chi connectivity index (χ3v) is 4.20. The highest BCUT2D eigenvalue weighted by Crippen LogP contribution is 2.44. The highest BCUT2D eigenvalue weighted by molar-refractivity contribution is 5.72. The summed E-state index contributed by atoms with van der Waals surface area (Å²) in [6.07, 6.45) is 0.468. The Morgan fingerprint density at radius 3 is 2.15 bits per heavy atom. The number of carboxylic acid groups (broad SMARTS) is 1. The molecule has 4 nitrogen and oxygen atoms in total. The molecule has 1 aromatic carbocycles. The highest BCUT2D eigenvalue weighted by atomic mass is 16.4. The van der Waals surface area contributed by atoms with Gasteiger partial charge in [-0.15, -0.1) is 0 Å². The number of benzene rings is 1. The second-order valence-corrected chi connectivity index (χ2v) is 6.19. The summed E-state index contributed by atoms with van der Waals surface area (Å²) in [5.41, 5.74) is -0.513. The summed E-state index contributed by atoms with van der Waals surface area (Å²) in [6.45, 7) is 6.94. The van der Waals surface area contributed by atoms with E-state index in [2.05, 4.69) is 0 Å². The first-order valence-corrected chi connectivity index (χ1v) is 6.62. The van der Waals surface area contributed by atoms with Crippen LogP contribution in [0, 0.1) is 10.8 Å². The minimum atomic E-state index is -1.08. The molecule has 0 amide bonds. The van der Waals surface area contributed by atoms with Gasteiger partial charge in [-0.3, -0.25) is 0 Å². The summed E-state index contributed by atoms with van der Waals surface area (Å²) >= 11 is 0. The number of carboxylic acids is 1. The van der Waals surface area contributed by atoms with Crippen LogP contribution in [-0.4, -0.2) is 17.2 Å². The van der Waals surface area contributed by atoms with Crippen molar-refractivity contribution in [3.8, 4) is 0 Å². The summed E-state index contributed by atoms with van der Waals surface area (Å²) in [5, 5.41) is 21.1. The summed E-state index contributed by atoms with van der Waals surface area (Å²) in [4.78, 5) is 11.4. The van der Waals surface area contributed by atoms with Gasteiger partial charge in [0.25, 0.3) is 0 Å². The zero-order valence-electron chi connectivity index (χ0n) is 13.1. The Morgan fingerprint density at radius 1 is 1.25 bits per heavy atom. The molecule has 0 fully saturated rings. The molecule has 5 N–H and O–H groups in total. The van der Waals surface area contributed by atoms with E-state index in [1.165, 1.54) is 0 Å². The van der Waals surface area contributed by atoms with Crippen molar-refractivity contribution in [2.24, 2.45) is 10.8 Å². The summed E-state index contributed by atoms with van der Waals surface area (Å²) in [5.74, 6) is -1.08. The average molecular weight is 281 g/mol. The number of carbonyl (C=O) groups is 1. The van der Waals surface area contributed by atoms with Crippen LogP contribution in [0.4, 0.5) is 0 Å². The Bertz CT molecular complexity index is 429. The van der Waals surface area contributed by atoms with Crippen molar-refractivity contribution in [1.29, 1.82) is 0 Å². The third-order valence-electron chi connectivity index (χ3n) is 4.20. The number of aliphatic hydroxyl groups excluding tert-OH is 1. The Morgan fingerprint density at radius 2 is 1.75 bits per heavy atom. The van der Waals surface area contributed by atoms with Crippen LogP contribution in [-0.2, 0) is 11.2 Å². The van der Waals surface area contributed by atoms with Gasteiger partial charge in [0.1, 0.15) is 0 Å². The number of hydrogen-bond acceptors (Lipinski definition) is 3. The largest absolute Gasteiger partial charge is 0.550 e. The quantitative estimate of drug-likeness (QED) is 0.836. The fourth-order valence-corrected chi connectivity index (χ4v) is 2.49. The molecule has 20 heavy (non-hydrogen) atoms. The summed E-state index contributed by atoms with van der Waals surface area (Å²) in [6, 6.07) is 9.75. The maximum atomic E-state index is 11.4. The summed E-state index contributed by atoms with van der Waals surface area (Å²) < 4.78 is 0. The Labute approximate surface area is 121 Å². The third kappa shape index (κ3) is 4.05. The van der Waals surface area contributed by atoms with Gasteiger partial charge in [0.2, 0.25) is 0 Å². The van der Waals surface area contributed by atoms with Gasteiger partial charge in [0, 0.05) is 11.4 Å². The fourth-order valence-electron chi connectivity index (χ4n) is 2.49. The van der Waals surface area contributed by atoms with Crippen molar-refractivity contribution in [1.82, 2.24) is 6.15 Å². The predicted molar refractivity (Wildman–Crippen MR) is 79.3 cm³/mol. The van der Waals surface area contributed by atoms with Gasteiger partial charge < -0.3 is 21.2 Å². The van der Waals surface area contributed by atoms with E-state index in [0.717, 1.165) is 5.56 Å². The molecule has 0 heterocycles. The number of rotatable bonds is 6. The van der Waals surface area contributed by atoms with Gasteiger partial charge >= 0.3 is 0 Å². The monoisotopic (exact) mass is 281 g/mol. The average Bonchev–Trinajstić information content (AvgIpc) is 2.28. The fraction of sp³-hybridized carbons (Fsp3) is 0.562. The second kappa shape index (κ2) is 6.86.